The maximum Gasteiger partial charge on any atom is 0.311 e. The van der Waals surface area contributed by atoms with Crippen LogP contribution >= 0.6 is 0 Å². The number of nitrogens with zero attached hydrogens (tertiary/aromatic N) is 3. The van der Waals surface area contributed by atoms with Gasteiger partial charge in [0.05, 0.1) is 12.0 Å². The van der Waals surface area contributed by atoms with Crippen molar-refractivity contribution in [1.29, 1.82) is 0 Å². The molecular weight excluding hydrogens is 298 g/mol. The number of anilines is 1. The Bertz CT molecular complexity index is 619. The first-order valence-corrected chi connectivity index (χ1v) is 7.97. The fourth-order valence-corrected chi connectivity index (χ4v) is 3.51. The SMILES string of the molecule is COc1cc(N2CCC[C@@H](N3CCCC3=O)C2)ccc1[N+](=O)[O-]. The van der Waals surface area contributed by atoms with Crippen LogP contribution in [0, 0.1) is 10.1 Å². The van der Waals surface area contributed by atoms with E-state index in [0.717, 1.165) is 44.6 Å². The highest BCUT2D eigenvalue weighted by atomic mass is 16.6. The van der Waals surface area contributed by atoms with Gasteiger partial charge in [-0.2, -0.15) is 0 Å². The molecule has 0 unspecified atom stereocenters. The molecule has 7 heteroatoms. The number of nitro benzene ring substituents is 1. The first-order chi connectivity index (χ1) is 11.1. The molecule has 0 aliphatic carbocycles. The summed E-state index contributed by atoms with van der Waals surface area (Å²) in [5.41, 5.74) is 0.878. The van der Waals surface area contributed by atoms with Gasteiger partial charge in [0, 0.05) is 49.9 Å². The van der Waals surface area contributed by atoms with Gasteiger partial charge in [0.2, 0.25) is 5.91 Å². The number of amides is 1. The minimum atomic E-state index is -0.440. The van der Waals surface area contributed by atoms with Gasteiger partial charge in [0.1, 0.15) is 0 Å². The quantitative estimate of drug-likeness (QED) is 0.628. The summed E-state index contributed by atoms with van der Waals surface area (Å²) in [7, 11) is 1.44. The lowest BCUT2D eigenvalue weighted by Crippen LogP contribution is -2.48. The molecule has 2 heterocycles. The molecule has 0 N–H and O–H groups in total. The lowest BCUT2D eigenvalue weighted by molar-refractivity contribution is -0.385. The Balaban J connectivity index is 1.78. The minimum absolute atomic E-state index is 0.0282. The Morgan fingerprint density at radius 1 is 1.30 bits per heavy atom. The number of ether oxygens (including phenoxy) is 1. The van der Waals surface area contributed by atoms with Crippen LogP contribution in [-0.4, -0.2) is 48.5 Å². The van der Waals surface area contributed by atoms with Gasteiger partial charge in [-0.25, -0.2) is 0 Å². The third-order valence-electron chi connectivity index (χ3n) is 4.67. The second-order valence-corrected chi connectivity index (χ2v) is 6.05. The molecule has 0 saturated carbocycles. The van der Waals surface area contributed by atoms with Crippen LogP contribution in [-0.2, 0) is 4.79 Å². The van der Waals surface area contributed by atoms with Gasteiger partial charge in [-0.05, 0) is 25.3 Å². The summed E-state index contributed by atoms with van der Waals surface area (Å²) in [4.78, 5) is 26.7. The largest absolute Gasteiger partial charge is 0.490 e. The molecule has 124 valence electrons. The normalized spacial score (nSPS) is 21.6. The van der Waals surface area contributed by atoms with Crippen LogP contribution in [0.1, 0.15) is 25.7 Å². The predicted molar refractivity (Wildman–Crippen MR) is 85.8 cm³/mol. The molecule has 2 fully saturated rings. The molecule has 0 bridgehead atoms. The zero-order chi connectivity index (χ0) is 16.4. The molecule has 0 aromatic heterocycles. The molecule has 23 heavy (non-hydrogen) atoms. The lowest BCUT2D eigenvalue weighted by Gasteiger charge is -2.38. The van der Waals surface area contributed by atoms with Crippen LogP contribution in [0.3, 0.4) is 0 Å². The van der Waals surface area contributed by atoms with E-state index in [1.165, 1.54) is 13.2 Å². The second kappa shape index (κ2) is 6.44. The van der Waals surface area contributed by atoms with E-state index in [9.17, 15) is 14.9 Å². The fourth-order valence-electron chi connectivity index (χ4n) is 3.51. The summed E-state index contributed by atoms with van der Waals surface area (Å²) in [6.45, 7) is 2.51. The first-order valence-electron chi connectivity index (χ1n) is 7.97. The zero-order valence-electron chi connectivity index (χ0n) is 13.2. The van der Waals surface area contributed by atoms with Crippen LogP contribution in [0.25, 0.3) is 0 Å². The topological polar surface area (TPSA) is 75.9 Å². The summed E-state index contributed by atoms with van der Waals surface area (Å²) < 4.78 is 5.15. The Labute approximate surface area is 135 Å². The van der Waals surface area contributed by atoms with E-state index < -0.39 is 4.92 Å². The van der Waals surface area contributed by atoms with Gasteiger partial charge in [-0.15, -0.1) is 0 Å². The number of hydrogen-bond donors (Lipinski definition) is 0. The van der Waals surface area contributed by atoms with Crippen molar-refractivity contribution in [3.8, 4) is 5.75 Å². The van der Waals surface area contributed by atoms with Crippen molar-refractivity contribution >= 4 is 17.3 Å². The van der Waals surface area contributed by atoms with E-state index >= 15 is 0 Å². The van der Waals surface area contributed by atoms with E-state index in [4.69, 9.17) is 4.74 Å². The Morgan fingerprint density at radius 2 is 2.13 bits per heavy atom. The molecule has 1 amide bonds. The average Bonchev–Trinajstić information content (AvgIpc) is 3.00. The van der Waals surface area contributed by atoms with Crippen molar-refractivity contribution in [2.45, 2.75) is 31.7 Å². The van der Waals surface area contributed by atoms with Crippen LogP contribution in [0.15, 0.2) is 18.2 Å². The van der Waals surface area contributed by atoms with Crippen LogP contribution < -0.4 is 9.64 Å². The number of nitro groups is 1. The molecule has 1 aromatic rings. The van der Waals surface area contributed by atoms with Crippen LogP contribution in [0.2, 0.25) is 0 Å². The average molecular weight is 319 g/mol. The van der Waals surface area contributed by atoms with E-state index in [1.807, 2.05) is 4.90 Å². The molecule has 1 aromatic carbocycles. The summed E-state index contributed by atoms with van der Waals surface area (Å²) >= 11 is 0. The van der Waals surface area contributed by atoms with E-state index in [0.29, 0.717) is 6.42 Å². The minimum Gasteiger partial charge on any atom is -0.490 e. The van der Waals surface area contributed by atoms with E-state index in [2.05, 4.69) is 4.90 Å². The lowest BCUT2D eigenvalue weighted by atomic mass is 10.0. The second-order valence-electron chi connectivity index (χ2n) is 6.05. The number of rotatable bonds is 4. The molecule has 3 rings (SSSR count). The standard InChI is InChI=1S/C16H21N3O4/c1-23-15-10-12(6-7-14(15)19(21)22)17-8-2-4-13(11-17)18-9-3-5-16(18)20/h6-7,10,13H,2-5,8-9,11H2,1H3/t13-/m1/s1. The molecule has 0 spiro atoms. The van der Waals surface area contributed by atoms with Crippen LogP contribution in [0.4, 0.5) is 11.4 Å². The van der Waals surface area contributed by atoms with Gasteiger partial charge in [-0.1, -0.05) is 0 Å². The number of likely N-dealkylation sites (tertiary alicyclic amines) is 1. The Hall–Kier alpha value is -2.31. The van der Waals surface area contributed by atoms with Crippen molar-refractivity contribution < 1.29 is 14.5 Å². The van der Waals surface area contributed by atoms with Gasteiger partial charge in [0.25, 0.3) is 0 Å². The van der Waals surface area contributed by atoms with Gasteiger partial charge < -0.3 is 14.5 Å². The number of carbonyl (C=O) groups is 1. The molecule has 2 saturated heterocycles. The molecule has 1 atom stereocenters. The third kappa shape index (κ3) is 3.09. The fraction of sp³-hybridized carbons (Fsp3) is 0.562. The summed E-state index contributed by atoms with van der Waals surface area (Å²) in [6.07, 6.45) is 3.63. The highest BCUT2D eigenvalue weighted by molar-refractivity contribution is 5.78. The van der Waals surface area contributed by atoms with Gasteiger partial charge in [0.15, 0.2) is 5.75 Å². The number of methoxy groups -OCH3 is 1. The maximum atomic E-state index is 11.9. The highest BCUT2D eigenvalue weighted by Crippen LogP contribution is 2.33. The van der Waals surface area contributed by atoms with Crippen molar-refractivity contribution in [3.05, 3.63) is 28.3 Å². The molecule has 2 aliphatic rings. The summed E-state index contributed by atoms with van der Waals surface area (Å²) in [6, 6.07) is 5.19. The van der Waals surface area contributed by atoms with Crippen LogP contribution in [0.5, 0.6) is 5.75 Å². The van der Waals surface area contributed by atoms with Crippen molar-refractivity contribution in [1.82, 2.24) is 4.90 Å². The molecule has 0 radical (unpaired) electrons. The van der Waals surface area contributed by atoms with Gasteiger partial charge >= 0.3 is 5.69 Å². The molecule has 2 aliphatic heterocycles. The smallest absolute Gasteiger partial charge is 0.311 e. The Kier molecular flexibility index (Phi) is 4.36. The Morgan fingerprint density at radius 3 is 2.78 bits per heavy atom. The van der Waals surface area contributed by atoms with Crippen molar-refractivity contribution in [2.24, 2.45) is 0 Å². The summed E-state index contributed by atoms with van der Waals surface area (Å²) in [5.74, 6) is 0.519. The van der Waals surface area contributed by atoms with Crippen molar-refractivity contribution in [2.75, 3.05) is 31.6 Å². The summed E-state index contributed by atoms with van der Waals surface area (Å²) in [5, 5.41) is 11.0. The molecule has 7 nitrogen and oxygen atoms in total. The number of carbonyl (C=O) groups excluding carboxylic acids is 1. The maximum absolute atomic E-state index is 11.9. The highest BCUT2D eigenvalue weighted by Gasteiger charge is 2.31. The zero-order valence-corrected chi connectivity index (χ0v) is 13.2. The van der Waals surface area contributed by atoms with E-state index in [-0.39, 0.29) is 23.4 Å². The number of hydrogen-bond acceptors (Lipinski definition) is 5. The van der Waals surface area contributed by atoms with E-state index in [1.54, 1.807) is 12.1 Å². The molecular formula is C16H21N3O4. The van der Waals surface area contributed by atoms with Crippen molar-refractivity contribution in [3.63, 3.8) is 0 Å². The predicted octanol–water partition coefficient (Wildman–Crippen LogP) is 2.19. The number of benzene rings is 1. The monoisotopic (exact) mass is 319 g/mol. The third-order valence-corrected chi connectivity index (χ3v) is 4.67. The van der Waals surface area contributed by atoms with Gasteiger partial charge in [-0.3, -0.25) is 14.9 Å². The number of piperidine rings is 1. The first kappa shape index (κ1) is 15.6.